The van der Waals surface area contributed by atoms with E-state index in [0.717, 1.165) is 17.3 Å². The lowest BCUT2D eigenvalue weighted by Gasteiger charge is -2.31. The minimum absolute atomic E-state index is 0.208. The molecule has 1 aromatic heterocycles. The minimum Gasteiger partial charge on any atom is -0.468 e. The topological polar surface area (TPSA) is 42.4 Å². The average Bonchev–Trinajstić information content (AvgIpc) is 3.18. The molecule has 4 heteroatoms. The van der Waals surface area contributed by atoms with Gasteiger partial charge in [-0.1, -0.05) is 17.7 Å². The first kappa shape index (κ1) is 14.6. The molecule has 0 aliphatic heterocycles. The van der Waals surface area contributed by atoms with Crippen LogP contribution in [0.5, 0.6) is 0 Å². The zero-order chi connectivity index (χ0) is 14.8. The molecule has 0 saturated heterocycles. The summed E-state index contributed by atoms with van der Waals surface area (Å²) in [7, 11) is 0. The molecule has 1 heterocycles. The summed E-state index contributed by atoms with van der Waals surface area (Å²) in [4.78, 5) is 2.47. The molecule has 112 valence electrons. The summed E-state index contributed by atoms with van der Waals surface area (Å²) in [5, 5.41) is 0.774. The molecule has 1 saturated carbocycles. The average molecular weight is 305 g/mol. The quantitative estimate of drug-likeness (QED) is 0.880. The number of rotatable bonds is 6. The van der Waals surface area contributed by atoms with E-state index < -0.39 is 0 Å². The molecule has 1 unspecified atom stereocenters. The summed E-state index contributed by atoms with van der Waals surface area (Å²) in [5.41, 5.74) is 8.56. The predicted molar refractivity (Wildman–Crippen MR) is 85.3 cm³/mol. The molecular formula is C17H21ClN2O. The van der Waals surface area contributed by atoms with Gasteiger partial charge in [-0.2, -0.15) is 0 Å². The molecule has 2 N–H and O–H groups in total. The van der Waals surface area contributed by atoms with Gasteiger partial charge in [0.15, 0.2) is 0 Å². The van der Waals surface area contributed by atoms with Crippen molar-refractivity contribution < 1.29 is 4.42 Å². The van der Waals surface area contributed by atoms with Gasteiger partial charge in [0.05, 0.1) is 12.8 Å². The van der Waals surface area contributed by atoms with Crippen molar-refractivity contribution in [3.8, 4) is 0 Å². The Balaban J connectivity index is 1.88. The van der Waals surface area contributed by atoms with Crippen LogP contribution in [0, 0.1) is 6.92 Å². The molecule has 0 amide bonds. The lowest BCUT2D eigenvalue weighted by Crippen LogP contribution is -2.35. The summed E-state index contributed by atoms with van der Waals surface area (Å²) < 4.78 is 5.52. The highest BCUT2D eigenvalue weighted by Gasteiger charge is 2.35. The van der Waals surface area contributed by atoms with Gasteiger partial charge < -0.3 is 10.2 Å². The van der Waals surface area contributed by atoms with Crippen LogP contribution >= 0.6 is 11.6 Å². The van der Waals surface area contributed by atoms with Crippen LogP contribution in [0.2, 0.25) is 5.02 Å². The third kappa shape index (κ3) is 3.31. The Bertz CT molecular complexity index is 593. The number of nitrogens with zero attached hydrogens (tertiary/aromatic N) is 1. The normalized spacial score (nSPS) is 16.4. The molecule has 2 aromatic rings. The number of hydrogen-bond donors (Lipinski definition) is 1. The van der Waals surface area contributed by atoms with Crippen LogP contribution < -0.4 is 5.73 Å². The van der Waals surface area contributed by atoms with E-state index >= 15 is 0 Å². The number of nitrogens with two attached hydrogens (primary N) is 1. The van der Waals surface area contributed by atoms with Gasteiger partial charge >= 0.3 is 0 Å². The monoisotopic (exact) mass is 304 g/mol. The standard InChI is InChI=1S/C17H21ClN2O/c1-12-9-13(18)4-7-16(12)17(10-19)20(14-5-6-14)11-15-3-2-8-21-15/h2-4,7-9,14,17H,5-6,10-11,19H2,1H3. The van der Waals surface area contributed by atoms with Crippen LogP contribution in [0.15, 0.2) is 41.0 Å². The first-order chi connectivity index (χ1) is 10.2. The largest absolute Gasteiger partial charge is 0.468 e. The van der Waals surface area contributed by atoms with E-state index in [4.69, 9.17) is 21.8 Å². The molecule has 3 nitrogen and oxygen atoms in total. The molecule has 0 spiro atoms. The Hall–Kier alpha value is -1.29. The first-order valence-corrected chi connectivity index (χ1v) is 7.81. The molecular weight excluding hydrogens is 284 g/mol. The fourth-order valence-corrected chi connectivity index (χ4v) is 3.16. The van der Waals surface area contributed by atoms with Crippen molar-refractivity contribution in [1.82, 2.24) is 4.90 Å². The summed E-state index contributed by atoms with van der Waals surface area (Å²) >= 11 is 6.07. The second-order valence-electron chi connectivity index (χ2n) is 5.74. The molecule has 0 bridgehead atoms. The van der Waals surface area contributed by atoms with Gasteiger partial charge in [-0.25, -0.2) is 0 Å². The van der Waals surface area contributed by atoms with Gasteiger partial charge in [0.2, 0.25) is 0 Å². The Morgan fingerprint density at radius 2 is 2.19 bits per heavy atom. The Labute approximate surface area is 130 Å². The number of furan rings is 1. The second-order valence-corrected chi connectivity index (χ2v) is 6.17. The SMILES string of the molecule is Cc1cc(Cl)ccc1C(CN)N(Cc1ccco1)C1CC1. The lowest BCUT2D eigenvalue weighted by atomic mass is 9.99. The van der Waals surface area contributed by atoms with E-state index in [1.54, 1.807) is 6.26 Å². The molecule has 21 heavy (non-hydrogen) atoms. The van der Waals surface area contributed by atoms with Crippen molar-refractivity contribution in [2.24, 2.45) is 5.73 Å². The van der Waals surface area contributed by atoms with E-state index in [1.807, 2.05) is 24.3 Å². The molecule has 1 fully saturated rings. The number of hydrogen-bond acceptors (Lipinski definition) is 3. The first-order valence-electron chi connectivity index (χ1n) is 7.43. The maximum Gasteiger partial charge on any atom is 0.117 e. The van der Waals surface area contributed by atoms with Gasteiger partial charge in [0, 0.05) is 23.7 Å². The van der Waals surface area contributed by atoms with Gasteiger partial charge in [-0.15, -0.1) is 0 Å². The summed E-state index contributed by atoms with van der Waals surface area (Å²) in [6.07, 6.45) is 4.21. The summed E-state index contributed by atoms with van der Waals surface area (Å²) in [6, 6.07) is 10.8. The number of aryl methyl sites for hydroxylation is 1. The molecule has 1 aromatic carbocycles. The van der Waals surface area contributed by atoms with E-state index in [2.05, 4.69) is 17.9 Å². The fourth-order valence-electron chi connectivity index (χ4n) is 2.94. The van der Waals surface area contributed by atoms with Crippen LogP contribution in [0.25, 0.3) is 0 Å². The molecule has 1 aliphatic rings. The third-order valence-corrected chi connectivity index (χ3v) is 4.38. The van der Waals surface area contributed by atoms with Crippen molar-refractivity contribution in [3.63, 3.8) is 0 Å². The van der Waals surface area contributed by atoms with Crippen molar-refractivity contribution in [1.29, 1.82) is 0 Å². The summed E-state index contributed by atoms with van der Waals surface area (Å²) in [5.74, 6) is 0.993. The van der Waals surface area contributed by atoms with Gasteiger partial charge in [0.25, 0.3) is 0 Å². The third-order valence-electron chi connectivity index (χ3n) is 4.15. The minimum atomic E-state index is 0.208. The van der Waals surface area contributed by atoms with Crippen LogP contribution in [0.3, 0.4) is 0 Å². The van der Waals surface area contributed by atoms with E-state index in [1.165, 1.54) is 24.0 Å². The van der Waals surface area contributed by atoms with Crippen LogP contribution in [0.1, 0.15) is 35.8 Å². The Morgan fingerprint density at radius 1 is 1.38 bits per heavy atom. The van der Waals surface area contributed by atoms with Crippen molar-refractivity contribution in [3.05, 3.63) is 58.5 Å². The van der Waals surface area contributed by atoms with Crippen LogP contribution in [0.4, 0.5) is 0 Å². The van der Waals surface area contributed by atoms with Crippen LogP contribution in [-0.2, 0) is 6.54 Å². The van der Waals surface area contributed by atoms with Gasteiger partial charge in [0.1, 0.15) is 5.76 Å². The van der Waals surface area contributed by atoms with E-state index in [-0.39, 0.29) is 6.04 Å². The van der Waals surface area contributed by atoms with Gasteiger partial charge in [-0.05, 0) is 55.2 Å². The molecule has 1 aliphatic carbocycles. The lowest BCUT2D eigenvalue weighted by molar-refractivity contribution is 0.167. The Kier molecular flexibility index (Phi) is 4.34. The predicted octanol–water partition coefficient (Wildman–Crippen LogP) is 3.91. The van der Waals surface area contributed by atoms with Crippen LogP contribution in [-0.4, -0.2) is 17.5 Å². The zero-order valence-corrected chi connectivity index (χ0v) is 13.0. The summed E-state index contributed by atoms with van der Waals surface area (Å²) in [6.45, 7) is 3.50. The highest BCUT2D eigenvalue weighted by molar-refractivity contribution is 6.30. The molecule has 3 rings (SSSR count). The van der Waals surface area contributed by atoms with E-state index in [0.29, 0.717) is 12.6 Å². The van der Waals surface area contributed by atoms with E-state index in [9.17, 15) is 0 Å². The highest BCUT2D eigenvalue weighted by atomic mass is 35.5. The highest BCUT2D eigenvalue weighted by Crippen LogP contribution is 2.36. The van der Waals surface area contributed by atoms with Gasteiger partial charge in [-0.3, -0.25) is 4.90 Å². The van der Waals surface area contributed by atoms with Crippen molar-refractivity contribution >= 4 is 11.6 Å². The molecule has 0 radical (unpaired) electrons. The van der Waals surface area contributed by atoms with Crippen molar-refractivity contribution in [2.45, 2.75) is 38.4 Å². The number of halogens is 1. The molecule has 1 atom stereocenters. The second kappa shape index (κ2) is 6.22. The fraction of sp³-hybridized carbons (Fsp3) is 0.412. The Morgan fingerprint density at radius 3 is 2.76 bits per heavy atom. The smallest absolute Gasteiger partial charge is 0.117 e. The van der Waals surface area contributed by atoms with Crippen molar-refractivity contribution in [2.75, 3.05) is 6.54 Å². The maximum absolute atomic E-state index is 6.10. The number of benzene rings is 1. The zero-order valence-electron chi connectivity index (χ0n) is 12.3. The maximum atomic E-state index is 6.10.